The van der Waals surface area contributed by atoms with E-state index in [9.17, 15) is 14.4 Å². The van der Waals surface area contributed by atoms with Gasteiger partial charge in [-0.2, -0.15) is 5.26 Å². The molecule has 5 heterocycles. The van der Waals surface area contributed by atoms with Gasteiger partial charge in [-0.25, -0.2) is 19.2 Å². The molecule has 1 aromatic carbocycles. The number of aromatic nitrogens is 1. The standard InChI is InChI=1S/C24H26FN9OS2/c1-3-15-20(31(2)22-29-19(18(12-26)36-22)13-4-6-14(25)7-5-13)34-23(28-15)37-24(30-34)33-11-9-16-17(33)8-10-32(16)21(27)35/h4-7,15-17,20H,3,8-11H2,1-2H3,(H2,27,35). The van der Waals surface area contributed by atoms with Crippen LogP contribution in [0.4, 0.5) is 14.3 Å². The number of benzene rings is 1. The van der Waals surface area contributed by atoms with E-state index in [2.05, 4.69) is 17.9 Å². The number of thiazole rings is 1. The highest BCUT2D eigenvalue weighted by Crippen LogP contribution is 2.41. The topological polar surface area (TPSA) is 117 Å². The molecule has 10 nitrogen and oxygen atoms in total. The zero-order valence-corrected chi connectivity index (χ0v) is 22.0. The number of nitrogens with two attached hydrogens (primary N) is 1. The van der Waals surface area contributed by atoms with Gasteiger partial charge in [0.2, 0.25) is 0 Å². The number of carbonyl (C=O) groups is 1. The summed E-state index contributed by atoms with van der Waals surface area (Å²) in [4.78, 5) is 28.2. The van der Waals surface area contributed by atoms with E-state index in [-0.39, 0.29) is 36.1 Å². The molecule has 2 aromatic rings. The second-order valence-electron chi connectivity index (χ2n) is 9.47. The van der Waals surface area contributed by atoms with E-state index in [4.69, 9.17) is 20.8 Å². The number of aliphatic imine (C=N–C) groups is 1. The summed E-state index contributed by atoms with van der Waals surface area (Å²) >= 11 is 2.88. The molecule has 2 N–H and O–H groups in total. The number of anilines is 1. The molecular weight excluding hydrogens is 513 g/mol. The van der Waals surface area contributed by atoms with Crippen molar-refractivity contribution in [1.82, 2.24) is 19.8 Å². The number of likely N-dealkylation sites (N-methyl/N-ethyl adjacent to an activating group) is 1. The van der Waals surface area contributed by atoms with Gasteiger partial charge in [-0.05, 0) is 55.3 Å². The minimum atomic E-state index is -0.354. The van der Waals surface area contributed by atoms with Crippen molar-refractivity contribution in [3.05, 3.63) is 35.0 Å². The Morgan fingerprint density at radius 3 is 2.70 bits per heavy atom. The highest BCUT2D eigenvalue weighted by Gasteiger charge is 2.49. The number of rotatable bonds is 4. The van der Waals surface area contributed by atoms with Crippen LogP contribution in [-0.2, 0) is 0 Å². The van der Waals surface area contributed by atoms with E-state index >= 15 is 0 Å². The molecule has 2 amide bonds. The fourth-order valence-corrected chi connectivity index (χ4v) is 7.65. The largest absolute Gasteiger partial charge is 0.351 e. The maximum absolute atomic E-state index is 13.4. The molecule has 4 unspecified atom stereocenters. The Morgan fingerprint density at radius 2 is 2.00 bits per heavy atom. The summed E-state index contributed by atoms with van der Waals surface area (Å²) in [6, 6.07) is 8.24. The maximum Gasteiger partial charge on any atom is 0.315 e. The van der Waals surface area contributed by atoms with Crippen LogP contribution in [-0.4, -0.2) is 80.6 Å². The summed E-state index contributed by atoms with van der Waals surface area (Å²) in [5.74, 6) is -0.333. The van der Waals surface area contributed by atoms with Gasteiger partial charge in [0.1, 0.15) is 28.6 Å². The monoisotopic (exact) mass is 539 g/mol. The zero-order chi connectivity index (χ0) is 25.8. The lowest BCUT2D eigenvalue weighted by Crippen LogP contribution is -2.47. The first kappa shape index (κ1) is 24.0. The fraction of sp³-hybridized carbons (Fsp3) is 0.458. The number of carbonyl (C=O) groups excluding carboxylic acids is 1. The Hall–Kier alpha value is -3.37. The van der Waals surface area contributed by atoms with Crippen LogP contribution in [0.25, 0.3) is 11.3 Å². The lowest BCUT2D eigenvalue weighted by atomic mass is 10.1. The second kappa shape index (κ2) is 9.18. The molecule has 0 aliphatic carbocycles. The number of primary amides is 1. The minimum absolute atomic E-state index is 0.00957. The van der Waals surface area contributed by atoms with Gasteiger partial charge in [-0.3, -0.25) is 4.99 Å². The van der Waals surface area contributed by atoms with Crippen molar-refractivity contribution in [2.75, 3.05) is 25.0 Å². The maximum atomic E-state index is 13.4. The molecule has 0 spiro atoms. The molecule has 2 fully saturated rings. The summed E-state index contributed by atoms with van der Waals surface area (Å²) in [5, 5.41) is 19.2. The van der Waals surface area contributed by atoms with Crippen molar-refractivity contribution < 1.29 is 9.18 Å². The van der Waals surface area contributed by atoms with Gasteiger partial charge < -0.3 is 20.4 Å². The summed E-state index contributed by atoms with van der Waals surface area (Å²) in [7, 11) is 1.95. The predicted molar refractivity (Wildman–Crippen MR) is 143 cm³/mol. The number of urea groups is 1. The number of amides is 2. The van der Waals surface area contributed by atoms with Crippen LogP contribution in [0.15, 0.2) is 34.4 Å². The normalized spacial score (nSPS) is 26.2. The number of amidine groups is 2. The third-order valence-corrected chi connectivity index (χ3v) is 9.52. The molecule has 192 valence electrons. The van der Waals surface area contributed by atoms with Crippen molar-refractivity contribution in [2.45, 2.75) is 50.5 Å². The molecule has 4 atom stereocenters. The quantitative estimate of drug-likeness (QED) is 0.634. The van der Waals surface area contributed by atoms with E-state index in [1.165, 1.54) is 23.5 Å². The Morgan fingerprint density at radius 1 is 1.24 bits per heavy atom. The molecule has 13 heteroatoms. The molecule has 1 aromatic heterocycles. The number of hydrogen-bond acceptors (Lipinski definition) is 10. The van der Waals surface area contributed by atoms with Crippen molar-refractivity contribution in [1.29, 1.82) is 5.26 Å². The van der Waals surface area contributed by atoms with Crippen LogP contribution >= 0.6 is 23.1 Å². The molecular formula is C24H26FN9OS2. The van der Waals surface area contributed by atoms with Crippen LogP contribution in [0.3, 0.4) is 0 Å². The van der Waals surface area contributed by atoms with E-state index < -0.39 is 0 Å². The summed E-state index contributed by atoms with van der Waals surface area (Å²) in [6.07, 6.45) is 2.39. The van der Waals surface area contributed by atoms with E-state index in [1.54, 1.807) is 28.8 Å². The number of hydrazone groups is 1. The first-order valence-corrected chi connectivity index (χ1v) is 13.9. The first-order chi connectivity index (χ1) is 17.9. The Bertz CT molecular complexity index is 1340. The minimum Gasteiger partial charge on any atom is -0.351 e. The van der Waals surface area contributed by atoms with E-state index in [0.717, 1.165) is 36.1 Å². The number of nitriles is 1. The molecule has 6 rings (SSSR count). The van der Waals surface area contributed by atoms with Crippen molar-refractivity contribution >= 4 is 44.6 Å². The molecule has 4 aliphatic heterocycles. The molecule has 0 saturated carbocycles. The van der Waals surface area contributed by atoms with Crippen molar-refractivity contribution in [2.24, 2.45) is 15.8 Å². The van der Waals surface area contributed by atoms with E-state index in [1.807, 2.05) is 17.0 Å². The number of likely N-dealkylation sites (tertiary alicyclic amines) is 2. The highest BCUT2D eigenvalue weighted by atomic mass is 32.2. The predicted octanol–water partition coefficient (Wildman–Crippen LogP) is 3.28. The average Bonchev–Trinajstić information content (AvgIpc) is 3.68. The smallest absolute Gasteiger partial charge is 0.315 e. The van der Waals surface area contributed by atoms with Crippen LogP contribution in [0, 0.1) is 17.1 Å². The van der Waals surface area contributed by atoms with Crippen molar-refractivity contribution in [3.8, 4) is 17.3 Å². The summed E-state index contributed by atoms with van der Waals surface area (Å²) in [6.45, 7) is 3.60. The zero-order valence-electron chi connectivity index (χ0n) is 20.4. The van der Waals surface area contributed by atoms with Gasteiger partial charge in [0.15, 0.2) is 15.5 Å². The lowest BCUT2D eigenvalue weighted by Gasteiger charge is -2.32. The number of fused-ring (bicyclic) bond motifs is 2. The second-order valence-corrected chi connectivity index (χ2v) is 11.4. The van der Waals surface area contributed by atoms with E-state index in [0.29, 0.717) is 27.8 Å². The SMILES string of the molecule is CCC1N=C2SC(N3CCC4C3CCN4C(N)=O)=NN2C1N(C)c1nc(-c2ccc(F)cc2)c(C#N)s1. The Kier molecular flexibility index (Phi) is 5.95. The Labute approximate surface area is 222 Å². The van der Waals surface area contributed by atoms with Gasteiger partial charge >= 0.3 is 6.03 Å². The lowest BCUT2D eigenvalue weighted by molar-refractivity contribution is 0.201. The van der Waals surface area contributed by atoms with Gasteiger partial charge in [0, 0.05) is 25.7 Å². The molecule has 4 aliphatic rings. The number of thioether (sulfide) groups is 1. The summed E-state index contributed by atoms with van der Waals surface area (Å²) in [5.41, 5.74) is 6.84. The van der Waals surface area contributed by atoms with Crippen LogP contribution in [0.2, 0.25) is 0 Å². The fourth-order valence-electron chi connectivity index (χ4n) is 5.70. The van der Waals surface area contributed by atoms with Gasteiger partial charge in [0.05, 0.1) is 18.1 Å². The third-order valence-electron chi connectivity index (χ3n) is 7.50. The average molecular weight is 540 g/mol. The number of hydrogen-bond donors (Lipinski definition) is 1. The van der Waals surface area contributed by atoms with Gasteiger partial charge in [-0.1, -0.05) is 18.3 Å². The van der Waals surface area contributed by atoms with Crippen LogP contribution < -0.4 is 10.6 Å². The number of halogens is 1. The number of nitrogens with zero attached hydrogens (tertiary/aromatic N) is 8. The molecule has 37 heavy (non-hydrogen) atoms. The Balaban J connectivity index is 1.27. The summed E-state index contributed by atoms with van der Waals surface area (Å²) < 4.78 is 13.4. The van der Waals surface area contributed by atoms with Gasteiger partial charge in [-0.15, -0.1) is 5.10 Å². The molecule has 0 bridgehead atoms. The van der Waals surface area contributed by atoms with Crippen LogP contribution in [0.1, 0.15) is 31.1 Å². The van der Waals surface area contributed by atoms with Gasteiger partial charge in [0.25, 0.3) is 0 Å². The first-order valence-electron chi connectivity index (χ1n) is 12.3. The van der Waals surface area contributed by atoms with Crippen molar-refractivity contribution in [3.63, 3.8) is 0 Å². The molecule has 2 saturated heterocycles. The molecule has 0 radical (unpaired) electrons. The third kappa shape index (κ3) is 3.90. The van der Waals surface area contributed by atoms with Crippen LogP contribution in [0.5, 0.6) is 0 Å². The highest BCUT2D eigenvalue weighted by molar-refractivity contribution is 8.26.